The Morgan fingerprint density at radius 2 is 0.769 bits per heavy atom. The molecule has 366 valence electrons. The fourth-order valence-electron chi connectivity index (χ4n) is 12.3. The average molecular weight is 997 g/mol. The van der Waals surface area contributed by atoms with Crippen molar-refractivity contribution in [2.45, 2.75) is 13.8 Å². The topological polar surface area (TPSA) is 50.1 Å². The number of para-hydroxylation sites is 4. The van der Waals surface area contributed by atoms with E-state index >= 15 is 0 Å². The van der Waals surface area contributed by atoms with E-state index in [4.69, 9.17) is 15.0 Å². The molecule has 11 aromatic carbocycles. The molecule has 6 nitrogen and oxygen atoms in total. The number of hydrogen-bond acceptors (Lipinski definition) is 5. The Hall–Kier alpha value is -10.1. The molecule has 0 aliphatic carbocycles. The van der Waals surface area contributed by atoms with Crippen LogP contribution in [-0.4, -0.2) is 26.2 Å². The van der Waals surface area contributed by atoms with Crippen LogP contribution in [0.4, 0.5) is 34.1 Å². The molecule has 0 amide bonds. The molecule has 0 saturated heterocycles. The monoisotopic (exact) mass is 996 g/mol. The zero-order chi connectivity index (χ0) is 51.8. The molecule has 0 spiro atoms. The zero-order valence-corrected chi connectivity index (χ0v) is 43.1. The smallest absolute Gasteiger partial charge is 0.252 e. The minimum absolute atomic E-state index is 0.0860. The van der Waals surface area contributed by atoms with E-state index in [1.165, 1.54) is 61.0 Å². The maximum atomic E-state index is 5.34. The summed E-state index contributed by atoms with van der Waals surface area (Å²) in [5.41, 5.74) is 23.8. The van der Waals surface area contributed by atoms with E-state index in [1.807, 2.05) is 36.4 Å². The van der Waals surface area contributed by atoms with Crippen molar-refractivity contribution in [1.82, 2.24) is 19.5 Å². The summed E-state index contributed by atoms with van der Waals surface area (Å²) in [6, 6.07) is 94.1. The van der Waals surface area contributed by atoms with E-state index in [0.717, 1.165) is 67.0 Å². The van der Waals surface area contributed by atoms with Crippen LogP contribution in [0.15, 0.2) is 261 Å². The fourth-order valence-corrected chi connectivity index (χ4v) is 12.3. The van der Waals surface area contributed by atoms with Gasteiger partial charge in [0, 0.05) is 67.2 Å². The SMILES string of the molecule is Cc1ccc2c(c1)c1cc(C)ccc1n2-c1c(-c2cccc(-c3ccc(N4c5ccccc5B5c6ccccc6N(c6ccccc6)c6cccc4c65)cc3)c2)cccc1-c1nc(-c2ccccc2)nc(-c2ccccc2)n1. The lowest BCUT2D eigenvalue weighted by atomic mass is 9.33. The van der Waals surface area contributed by atoms with Gasteiger partial charge in [0.15, 0.2) is 17.5 Å². The Bertz CT molecular complexity index is 4360. The third-order valence-electron chi connectivity index (χ3n) is 15.7. The number of anilines is 6. The van der Waals surface area contributed by atoms with E-state index in [-0.39, 0.29) is 6.71 Å². The van der Waals surface area contributed by atoms with Crippen LogP contribution >= 0.6 is 0 Å². The second kappa shape index (κ2) is 18.3. The highest BCUT2D eigenvalue weighted by molar-refractivity contribution is 7.00. The van der Waals surface area contributed by atoms with Gasteiger partial charge < -0.3 is 14.4 Å². The van der Waals surface area contributed by atoms with Crippen LogP contribution < -0.4 is 26.2 Å². The first kappa shape index (κ1) is 45.3. The molecule has 2 aliphatic rings. The highest BCUT2D eigenvalue weighted by Gasteiger charge is 2.42. The van der Waals surface area contributed by atoms with Gasteiger partial charge in [-0.25, -0.2) is 15.0 Å². The van der Waals surface area contributed by atoms with Gasteiger partial charge in [0.05, 0.1) is 16.7 Å². The molecule has 15 rings (SSSR count). The van der Waals surface area contributed by atoms with Gasteiger partial charge in [-0.05, 0) is 132 Å². The van der Waals surface area contributed by atoms with E-state index in [1.54, 1.807) is 0 Å². The lowest BCUT2D eigenvalue weighted by Crippen LogP contribution is -2.61. The molecule has 0 saturated carbocycles. The van der Waals surface area contributed by atoms with Crippen LogP contribution in [0.5, 0.6) is 0 Å². The normalized spacial score (nSPS) is 12.4. The Morgan fingerprint density at radius 3 is 1.36 bits per heavy atom. The Balaban J connectivity index is 0.886. The van der Waals surface area contributed by atoms with Gasteiger partial charge in [0.2, 0.25) is 0 Å². The number of benzene rings is 11. The van der Waals surface area contributed by atoms with Crippen molar-refractivity contribution in [3.63, 3.8) is 0 Å². The number of nitrogens with zero attached hydrogens (tertiary/aromatic N) is 6. The molecule has 7 heteroatoms. The molecule has 2 aliphatic heterocycles. The zero-order valence-electron chi connectivity index (χ0n) is 43.1. The molecular weight excluding hydrogens is 948 g/mol. The molecule has 0 N–H and O–H groups in total. The molecule has 4 heterocycles. The van der Waals surface area contributed by atoms with Crippen molar-refractivity contribution in [1.29, 1.82) is 0 Å². The first-order valence-electron chi connectivity index (χ1n) is 26.7. The minimum Gasteiger partial charge on any atom is -0.311 e. The third kappa shape index (κ3) is 7.38. The molecule has 0 fully saturated rings. The predicted octanol–water partition coefficient (Wildman–Crippen LogP) is 16.0. The summed E-state index contributed by atoms with van der Waals surface area (Å²) >= 11 is 0. The molecule has 0 atom stereocenters. The van der Waals surface area contributed by atoms with Crippen LogP contribution in [0.3, 0.4) is 0 Å². The second-order valence-electron chi connectivity index (χ2n) is 20.5. The van der Waals surface area contributed by atoms with Gasteiger partial charge in [-0.2, -0.15) is 0 Å². The molecule has 0 unspecified atom stereocenters. The van der Waals surface area contributed by atoms with Crippen molar-refractivity contribution in [2.24, 2.45) is 0 Å². The first-order chi connectivity index (χ1) is 38.5. The lowest BCUT2D eigenvalue weighted by Gasteiger charge is -2.44. The Kier molecular flexibility index (Phi) is 10.6. The average Bonchev–Trinajstić information content (AvgIpc) is 3.86. The van der Waals surface area contributed by atoms with Gasteiger partial charge in [-0.3, -0.25) is 0 Å². The summed E-state index contributed by atoms with van der Waals surface area (Å²) in [6.45, 7) is 4.43. The molecular formula is C71H49BN6. The van der Waals surface area contributed by atoms with Crippen molar-refractivity contribution >= 4 is 79.0 Å². The number of fused-ring (bicyclic) bond motifs is 7. The van der Waals surface area contributed by atoms with E-state index in [2.05, 4.69) is 253 Å². The third-order valence-corrected chi connectivity index (χ3v) is 15.7. The van der Waals surface area contributed by atoms with Crippen molar-refractivity contribution in [3.8, 4) is 62.1 Å². The molecule has 0 radical (unpaired) electrons. The number of aromatic nitrogens is 4. The largest absolute Gasteiger partial charge is 0.311 e. The van der Waals surface area contributed by atoms with Crippen LogP contribution in [-0.2, 0) is 0 Å². The van der Waals surface area contributed by atoms with Crippen molar-refractivity contribution < 1.29 is 0 Å². The van der Waals surface area contributed by atoms with Crippen LogP contribution in [0, 0.1) is 13.8 Å². The first-order valence-corrected chi connectivity index (χ1v) is 26.7. The Labute approximate surface area is 454 Å². The maximum absolute atomic E-state index is 5.34. The van der Waals surface area contributed by atoms with Gasteiger partial charge in [-0.15, -0.1) is 0 Å². The van der Waals surface area contributed by atoms with E-state index < -0.39 is 0 Å². The lowest BCUT2D eigenvalue weighted by molar-refractivity contribution is 1.06. The van der Waals surface area contributed by atoms with Crippen molar-refractivity contribution in [2.75, 3.05) is 9.80 Å². The van der Waals surface area contributed by atoms with E-state index in [9.17, 15) is 0 Å². The Morgan fingerprint density at radius 1 is 0.321 bits per heavy atom. The maximum Gasteiger partial charge on any atom is 0.252 e. The van der Waals surface area contributed by atoms with E-state index in [0.29, 0.717) is 17.5 Å². The summed E-state index contributed by atoms with van der Waals surface area (Å²) < 4.78 is 2.44. The summed E-state index contributed by atoms with van der Waals surface area (Å²) in [5.74, 6) is 1.84. The van der Waals surface area contributed by atoms with Gasteiger partial charge >= 0.3 is 0 Å². The van der Waals surface area contributed by atoms with Gasteiger partial charge in [0.25, 0.3) is 6.71 Å². The molecule has 2 aromatic heterocycles. The predicted molar refractivity (Wildman–Crippen MR) is 325 cm³/mol. The van der Waals surface area contributed by atoms with Crippen LogP contribution in [0.2, 0.25) is 0 Å². The fraction of sp³-hybridized carbons (Fsp3) is 0.0282. The number of rotatable bonds is 8. The second-order valence-corrected chi connectivity index (χ2v) is 20.5. The van der Waals surface area contributed by atoms with Crippen molar-refractivity contribution in [3.05, 3.63) is 272 Å². The van der Waals surface area contributed by atoms with Gasteiger partial charge in [-0.1, -0.05) is 187 Å². The standard InChI is InChI=1S/C71H49BN6/c1-46-35-41-61-57(43-46)58-44-47(2)36-42-62(58)78(61)68-55(27-17-28-56(68)71-74-69(49-19-6-3-7-20-49)73-70(75-71)50-21-8-4-9-22-50)52-24-16-23-51(45-52)48-37-39-54(40-38-48)77-64-32-15-13-30-60(64)72-59-29-12-14-31-63(59)76(53-25-10-5-11-26-53)65-33-18-34-66(77)67(65)72/h3-45H,1-2H3. The number of hydrogen-bond donors (Lipinski definition) is 0. The van der Waals surface area contributed by atoms with Gasteiger partial charge in [0.1, 0.15) is 0 Å². The molecule has 78 heavy (non-hydrogen) atoms. The number of aryl methyl sites for hydroxylation is 2. The van der Waals surface area contributed by atoms with Crippen LogP contribution in [0.1, 0.15) is 11.1 Å². The minimum atomic E-state index is 0.0860. The quantitative estimate of drug-likeness (QED) is 0.142. The summed E-state index contributed by atoms with van der Waals surface area (Å²) in [6.07, 6.45) is 0. The highest BCUT2D eigenvalue weighted by Crippen LogP contribution is 2.46. The highest BCUT2D eigenvalue weighted by atomic mass is 15.2. The van der Waals surface area contributed by atoms with Crippen LogP contribution in [0.25, 0.3) is 83.9 Å². The molecule has 0 bridgehead atoms. The summed E-state index contributed by atoms with van der Waals surface area (Å²) in [7, 11) is 0. The molecule has 13 aromatic rings. The summed E-state index contributed by atoms with van der Waals surface area (Å²) in [5, 5.41) is 2.41. The summed E-state index contributed by atoms with van der Waals surface area (Å²) in [4.78, 5) is 20.7.